The highest BCUT2D eigenvalue weighted by Crippen LogP contribution is 2.29. The van der Waals surface area contributed by atoms with Crippen molar-refractivity contribution in [1.82, 2.24) is 0 Å². The maximum absolute atomic E-state index is 13.2. The van der Waals surface area contributed by atoms with Crippen molar-refractivity contribution in [3.63, 3.8) is 0 Å². The number of hydrogen-bond donors (Lipinski definition) is 0. The van der Waals surface area contributed by atoms with Crippen LogP contribution >= 0.6 is 0 Å². The van der Waals surface area contributed by atoms with Crippen molar-refractivity contribution in [2.75, 3.05) is 22.0 Å². The fourth-order valence-corrected chi connectivity index (χ4v) is 5.13. The molecule has 32 heavy (non-hydrogen) atoms. The molecule has 0 radical (unpaired) electrons. The zero-order valence-electron chi connectivity index (χ0n) is 18.7. The maximum Gasteiger partial charge on any atom is 0.258 e. The van der Waals surface area contributed by atoms with E-state index in [1.807, 2.05) is 67.3 Å². The van der Waals surface area contributed by atoms with Gasteiger partial charge in [0.05, 0.1) is 18.5 Å². The Hall–Kier alpha value is -3.12. The zero-order valence-corrected chi connectivity index (χ0v) is 19.5. The van der Waals surface area contributed by atoms with E-state index in [1.165, 1.54) is 16.1 Å². The van der Waals surface area contributed by atoms with Crippen molar-refractivity contribution in [1.29, 1.82) is 0 Å². The minimum Gasteiger partial charge on any atom is -0.308 e. The van der Waals surface area contributed by atoms with Crippen molar-refractivity contribution in [2.24, 2.45) is 0 Å². The van der Waals surface area contributed by atoms with E-state index in [0.29, 0.717) is 17.8 Å². The van der Waals surface area contributed by atoms with Crippen LogP contribution in [0.1, 0.15) is 39.0 Å². The number of para-hydroxylation sites is 1. The second kappa shape index (κ2) is 8.79. The molecule has 0 bridgehead atoms. The molecule has 0 spiro atoms. The Labute approximate surface area is 190 Å². The number of fused-ring (bicyclic) bond motifs is 1. The van der Waals surface area contributed by atoms with Gasteiger partial charge in [-0.1, -0.05) is 42.5 Å². The largest absolute Gasteiger partial charge is 0.308 e. The molecule has 0 atom stereocenters. The molecule has 5 nitrogen and oxygen atoms in total. The first-order valence-electron chi connectivity index (χ1n) is 10.8. The lowest BCUT2D eigenvalue weighted by atomic mass is 10.0. The first kappa shape index (κ1) is 22.1. The maximum atomic E-state index is 13.2. The Morgan fingerprint density at radius 3 is 2.44 bits per heavy atom. The smallest absolute Gasteiger partial charge is 0.258 e. The van der Waals surface area contributed by atoms with Crippen LogP contribution < -0.4 is 9.21 Å². The number of hydrogen-bond acceptors (Lipinski definition) is 3. The van der Waals surface area contributed by atoms with Gasteiger partial charge in [0.2, 0.25) is 10.0 Å². The Morgan fingerprint density at radius 2 is 1.72 bits per heavy atom. The summed E-state index contributed by atoms with van der Waals surface area (Å²) in [4.78, 5) is 15.0. The predicted octanol–water partition coefficient (Wildman–Crippen LogP) is 4.86. The summed E-state index contributed by atoms with van der Waals surface area (Å²) in [5.74, 6) is -0.0294. The van der Waals surface area contributed by atoms with Crippen molar-refractivity contribution < 1.29 is 13.2 Å². The van der Waals surface area contributed by atoms with Gasteiger partial charge in [0.25, 0.3) is 5.91 Å². The third-order valence-electron chi connectivity index (χ3n) is 5.92. The summed E-state index contributed by atoms with van der Waals surface area (Å²) in [6.07, 6.45) is 3.15. The number of anilines is 2. The van der Waals surface area contributed by atoms with Gasteiger partial charge in [-0.05, 0) is 73.2 Å². The molecule has 0 aromatic heterocycles. The number of rotatable bonds is 5. The summed E-state index contributed by atoms with van der Waals surface area (Å²) < 4.78 is 26.6. The average Bonchev–Trinajstić information content (AvgIpc) is 2.78. The molecule has 0 fully saturated rings. The standard InChI is InChI=1S/C26H28N2O3S/c1-19-10-11-20(2)25(17-19)28(32(3,30)31)18-21-12-14-23(15-13-21)26(29)27-16-6-8-22-7-4-5-9-24(22)27/h4-5,7,9-15,17H,6,8,16,18H2,1-3H3. The van der Waals surface area contributed by atoms with Crippen molar-refractivity contribution >= 4 is 27.3 Å². The van der Waals surface area contributed by atoms with Crippen LogP contribution in [0, 0.1) is 13.8 Å². The van der Waals surface area contributed by atoms with E-state index in [0.717, 1.165) is 35.2 Å². The summed E-state index contributed by atoms with van der Waals surface area (Å²) in [5.41, 5.74) is 6.18. The van der Waals surface area contributed by atoms with E-state index < -0.39 is 10.0 Å². The van der Waals surface area contributed by atoms with E-state index in [4.69, 9.17) is 0 Å². The Morgan fingerprint density at radius 1 is 1.00 bits per heavy atom. The Bertz CT molecular complexity index is 1250. The molecular weight excluding hydrogens is 420 g/mol. The first-order valence-corrected chi connectivity index (χ1v) is 12.6. The van der Waals surface area contributed by atoms with Gasteiger partial charge in [0.1, 0.15) is 0 Å². The first-order chi connectivity index (χ1) is 15.2. The van der Waals surface area contributed by atoms with Crippen molar-refractivity contribution in [3.8, 4) is 0 Å². The number of carbonyl (C=O) groups is 1. The third kappa shape index (κ3) is 4.55. The Balaban J connectivity index is 1.58. The number of amides is 1. The van der Waals surface area contributed by atoms with Crippen molar-refractivity contribution in [3.05, 3.63) is 94.5 Å². The number of aryl methyl sites for hydroxylation is 3. The zero-order chi connectivity index (χ0) is 22.9. The average molecular weight is 449 g/mol. The fourth-order valence-electron chi connectivity index (χ4n) is 4.19. The number of sulfonamides is 1. The summed E-state index contributed by atoms with van der Waals surface area (Å²) in [7, 11) is -3.47. The molecule has 0 aliphatic carbocycles. The lowest BCUT2D eigenvalue weighted by Crippen LogP contribution is -2.35. The van der Waals surface area contributed by atoms with Crippen LogP contribution in [-0.2, 0) is 23.0 Å². The molecule has 1 amide bonds. The molecule has 3 aromatic rings. The molecule has 166 valence electrons. The monoisotopic (exact) mass is 448 g/mol. The normalized spacial score (nSPS) is 13.5. The van der Waals surface area contributed by atoms with Gasteiger partial charge in [-0.2, -0.15) is 0 Å². The van der Waals surface area contributed by atoms with Crippen LogP contribution in [0.25, 0.3) is 0 Å². The van der Waals surface area contributed by atoms with Crippen LogP contribution in [0.4, 0.5) is 11.4 Å². The van der Waals surface area contributed by atoms with Crippen LogP contribution in [0.2, 0.25) is 0 Å². The van der Waals surface area contributed by atoms with Crippen molar-refractivity contribution in [2.45, 2.75) is 33.2 Å². The number of carbonyl (C=O) groups excluding carboxylic acids is 1. The minimum atomic E-state index is -3.47. The van der Waals surface area contributed by atoms with E-state index in [-0.39, 0.29) is 12.5 Å². The molecular formula is C26H28N2O3S. The second-order valence-corrected chi connectivity index (χ2v) is 10.4. The molecule has 6 heteroatoms. The van der Waals surface area contributed by atoms with Gasteiger partial charge >= 0.3 is 0 Å². The molecule has 0 N–H and O–H groups in total. The van der Waals surface area contributed by atoms with Crippen LogP contribution in [0.5, 0.6) is 0 Å². The lowest BCUT2D eigenvalue weighted by molar-refractivity contribution is 0.0985. The second-order valence-electron chi connectivity index (χ2n) is 8.45. The summed E-state index contributed by atoms with van der Waals surface area (Å²) in [6, 6.07) is 21.1. The van der Waals surface area contributed by atoms with E-state index >= 15 is 0 Å². The van der Waals surface area contributed by atoms with Gasteiger partial charge in [0, 0.05) is 17.8 Å². The van der Waals surface area contributed by atoms with Gasteiger partial charge in [-0.15, -0.1) is 0 Å². The van der Waals surface area contributed by atoms with Gasteiger partial charge < -0.3 is 4.90 Å². The SMILES string of the molecule is Cc1ccc(C)c(N(Cc2ccc(C(=O)N3CCCc4ccccc43)cc2)S(C)(=O)=O)c1. The molecule has 0 saturated heterocycles. The molecule has 3 aromatic carbocycles. The third-order valence-corrected chi connectivity index (χ3v) is 7.04. The lowest BCUT2D eigenvalue weighted by Gasteiger charge is -2.29. The molecule has 0 saturated carbocycles. The predicted molar refractivity (Wildman–Crippen MR) is 130 cm³/mol. The number of nitrogens with zero attached hydrogens (tertiary/aromatic N) is 2. The molecule has 1 aliphatic heterocycles. The van der Waals surface area contributed by atoms with Crippen LogP contribution in [0.15, 0.2) is 66.7 Å². The quantitative estimate of drug-likeness (QED) is 0.560. The summed E-state index contributed by atoms with van der Waals surface area (Å²) >= 11 is 0. The molecule has 1 heterocycles. The van der Waals surface area contributed by atoms with E-state index in [1.54, 1.807) is 12.1 Å². The highest BCUT2D eigenvalue weighted by molar-refractivity contribution is 7.92. The van der Waals surface area contributed by atoms with Gasteiger partial charge in [-0.3, -0.25) is 9.10 Å². The minimum absolute atomic E-state index is 0.0294. The van der Waals surface area contributed by atoms with Gasteiger partial charge in [0.15, 0.2) is 0 Å². The fraction of sp³-hybridized carbons (Fsp3) is 0.269. The Kier molecular flexibility index (Phi) is 6.07. The van der Waals surface area contributed by atoms with E-state index in [2.05, 4.69) is 6.07 Å². The number of benzene rings is 3. The molecule has 0 unspecified atom stereocenters. The van der Waals surface area contributed by atoms with Gasteiger partial charge in [-0.25, -0.2) is 8.42 Å². The molecule has 1 aliphatic rings. The highest BCUT2D eigenvalue weighted by atomic mass is 32.2. The molecule has 4 rings (SSSR count). The summed E-state index contributed by atoms with van der Waals surface area (Å²) in [6.45, 7) is 4.77. The van der Waals surface area contributed by atoms with Crippen LogP contribution in [0.3, 0.4) is 0 Å². The van der Waals surface area contributed by atoms with E-state index in [9.17, 15) is 13.2 Å². The summed E-state index contributed by atoms with van der Waals surface area (Å²) in [5, 5.41) is 0. The topological polar surface area (TPSA) is 57.7 Å². The highest BCUT2D eigenvalue weighted by Gasteiger charge is 2.24. The van der Waals surface area contributed by atoms with Crippen LogP contribution in [-0.4, -0.2) is 27.1 Å².